The van der Waals surface area contributed by atoms with Crippen molar-refractivity contribution < 1.29 is 9.21 Å². The molecule has 27 heavy (non-hydrogen) atoms. The smallest absolute Gasteiger partial charge is 0.255 e. The van der Waals surface area contributed by atoms with Gasteiger partial charge in [0.05, 0.1) is 0 Å². The highest BCUT2D eigenvalue weighted by Gasteiger charge is 2.12. The van der Waals surface area contributed by atoms with Crippen molar-refractivity contribution in [2.75, 3.05) is 5.32 Å². The summed E-state index contributed by atoms with van der Waals surface area (Å²) in [6.07, 6.45) is 0. The summed E-state index contributed by atoms with van der Waals surface area (Å²) in [4.78, 5) is 12.4. The lowest BCUT2D eigenvalue weighted by molar-refractivity contribution is 0.102. The van der Waals surface area contributed by atoms with Crippen molar-refractivity contribution in [3.8, 4) is 22.9 Å². The number of nitrogens with one attached hydrogen (secondary N) is 1. The van der Waals surface area contributed by atoms with Gasteiger partial charge in [0.15, 0.2) is 0 Å². The van der Waals surface area contributed by atoms with Gasteiger partial charge in [-0.05, 0) is 55.5 Å². The van der Waals surface area contributed by atoms with Crippen molar-refractivity contribution in [3.63, 3.8) is 0 Å². The van der Waals surface area contributed by atoms with Crippen molar-refractivity contribution >= 4 is 11.6 Å². The van der Waals surface area contributed by atoms with Crippen LogP contribution >= 0.6 is 0 Å². The van der Waals surface area contributed by atoms with Gasteiger partial charge in [-0.25, -0.2) is 0 Å². The highest BCUT2D eigenvalue weighted by atomic mass is 16.4. The zero-order valence-corrected chi connectivity index (χ0v) is 14.7. The van der Waals surface area contributed by atoms with Gasteiger partial charge in [-0.1, -0.05) is 35.9 Å². The Bertz CT molecular complexity index is 1050. The van der Waals surface area contributed by atoms with Crippen LogP contribution in [0.3, 0.4) is 0 Å². The first-order chi connectivity index (χ1) is 13.2. The van der Waals surface area contributed by atoms with Gasteiger partial charge in [-0.3, -0.25) is 4.79 Å². The van der Waals surface area contributed by atoms with E-state index in [0.29, 0.717) is 17.3 Å². The van der Waals surface area contributed by atoms with Crippen LogP contribution in [0.15, 0.2) is 83.3 Å². The summed E-state index contributed by atoms with van der Waals surface area (Å²) in [7, 11) is 0. The first-order valence-electron chi connectivity index (χ1n) is 8.56. The molecular formula is C22H17N3O2. The molecule has 1 amide bonds. The predicted molar refractivity (Wildman–Crippen MR) is 104 cm³/mol. The number of carbonyl (C=O) groups is 1. The van der Waals surface area contributed by atoms with Crippen molar-refractivity contribution in [1.82, 2.24) is 10.2 Å². The van der Waals surface area contributed by atoms with E-state index in [4.69, 9.17) is 4.42 Å². The van der Waals surface area contributed by atoms with Crippen LogP contribution in [-0.4, -0.2) is 16.1 Å². The SMILES string of the molecule is Cc1ccc(NC(=O)c2ccc(-c3nnc(-c4ccccc4)o3)cc2)cc1. The number of hydrogen-bond donors (Lipinski definition) is 1. The van der Waals surface area contributed by atoms with Crippen molar-refractivity contribution in [3.05, 3.63) is 90.0 Å². The fourth-order valence-corrected chi connectivity index (χ4v) is 2.64. The van der Waals surface area contributed by atoms with Gasteiger partial charge < -0.3 is 9.73 Å². The molecule has 1 N–H and O–H groups in total. The number of rotatable bonds is 4. The van der Waals surface area contributed by atoms with Gasteiger partial charge in [0, 0.05) is 22.4 Å². The van der Waals surface area contributed by atoms with Crippen molar-refractivity contribution in [1.29, 1.82) is 0 Å². The molecule has 0 spiro atoms. The minimum atomic E-state index is -0.166. The zero-order chi connectivity index (χ0) is 18.6. The third kappa shape index (κ3) is 3.77. The first kappa shape index (κ1) is 16.7. The van der Waals surface area contributed by atoms with Crippen LogP contribution in [0.4, 0.5) is 5.69 Å². The van der Waals surface area contributed by atoms with Gasteiger partial charge in [0.1, 0.15) is 0 Å². The Morgan fingerprint density at radius 1 is 0.778 bits per heavy atom. The van der Waals surface area contributed by atoms with E-state index in [9.17, 15) is 4.79 Å². The Kier molecular flexibility index (Phi) is 4.49. The molecule has 3 aromatic carbocycles. The van der Waals surface area contributed by atoms with E-state index in [1.807, 2.05) is 61.5 Å². The van der Waals surface area contributed by atoms with E-state index < -0.39 is 0 Å². The van der Waals surface area contributed by atoms with Crippen LogP contribution in [0, 0.1) is 6.92 Å². The highest BCUT2D eigenvalue weighted by molar-refractivity contribution is 6.04. The van der Waals surface area contributed by atoms with Crippen LogP contribution in [0.2, 0.25) is 0 Å². The lowest BCUT2D eigenvalue weighted by atomic mass is 10.1. The van der Waals surface area contributed by atoms with Crippen molar-refractivity contribution in [2.24, 2.45) is 0 Å². The van der Waals surface area contributed by atoms with Crippen LogP contribution in [0.5, 0.6) is 0 Å². The molecule has 0 saturated carbocycles. The van der Waals surface area contributed by atoms with Crippen LogP contribution < -0.4 is 5.32 Å². The third-order valence-electron chi connectivity index (χ3n) is 4.15. The maximum absolute atomic E-state index is 12.4. The van der Waals surface area contributed by atoms with E-state index in [1.54, 1.807) is 24.3 Å². The van der Waals surface area contributed by atoms with E-state index in [1.165, 1.54) is 0 Å². The van der Waals surface area contributed by atoms with E-state index >= 15 is 0 Å². The average Bonchev–Trinajstić information content (AvgIpc) is 3.21. The highest BCUT2D eigenvalue weighted by Crippen LogP contribution is 2.24. The summed E-state index contributed by atoms with van der Waals surface area (Å²) in [5.74, 6) is 0.715. The summed E-state index contributed by atoms with van der Waals surface area (Å²) in [5.41, 5.74) is 4.09. The Morgan fingerprint density at radius 3 is 2.00 bits per heavy atom. The fourth-order valence-electron chi connectivity index (χ4n) is 2.64. The minimum Gasteiger partial charge on any atom is -0.416 e. The van der Waals surface area contributed by atoms with Crippen molar-refractivity contribution in [2.45, 2.75) is 6.92 Å². The standard InChI is InChI=1S/C22H17N3O2/c1-15-7-13-19(14-8-15)23-20(26)16-9-11-18(12-10-16)22-25-24-21(27-22)17-5-3-2-4-6-17/h2-14H,1H3,(H,23,26). The number of nitrogens with zero attached hydrogens (tertiary/aromatic N) is 2. The van der Waals surface area contributed by atoms with Crippen LogP contribution in [0.1, 0.15) is 15.9 Å². The third-order valence-corrected chi connectivity index (χ3v) is 4.15. The fraction of sp³-hybridized carbons (Fsp3) is 0.0455. The Hall–Kier alpha value is -3.73. The maximum atomic E-state index is 12.4. The maximum Gasteiger partial charge on any atom is 0.255 e. The largest absolute Gasteiger partial charge is 0.416 e. The summed E-state index contributed by atoms with van der Waals surface area (Å²) >= 11 is 0. The van der Waals surface area contributed by atoms with Gasteiger partial charge in [0.2, 0.25) is 11.8 Å². The molecule has 4 rings (SSSR count). The summed E-state index contributed by atoms with van der Waals surface area (Å²) in [5, 5.41) is 11.1. The second kappa shape index (κ2) is 7.25. The second-order valence-electron chi connectivity index (χ2n) is 6.18. The Labute approximate surface area is 156 Å². The summed E-state index contributed by atoms with van der Waals surface area (Å²) in [6, 6.07) is 24.3. The number of aromatic nitrogens is 2. The van der Waals surface area contributed by atoms with Gasteiger partial charge >= 0.3 is 0 Å². The topological polar surface area (TPSA) is 68.0 Å². The molecule has 1 heterocycles. The molecule has 0 fully saturated rings. The number of carbonyl (C=O) groups excluding carboxylic acids is 1. The molecule has 0 radical (unpaired) electrons. The second-order valence-corrected chi connectivity index (χ2v) is 6.18. The first-order valence-corrected chi connectivity index (χ1v) is 8.56. The molecule has 132 valence electrons. The van der Waals surface area contributed by atoms with E-state index in [0.717, 1.165) is 22.4 Å². The van der Waals surface area contributed by atoms with Crippen LogP contribution in [0.25, 0.3) is 22.9 Å². The molecular weight excluding hydrogens is 338 g/mol. The predicted octanol–water partition coefficient (Wildman–Crippen LogP) is 4.96. The monoisotopic (exact) mass is 355 g/mol. The van der Waals surface area contributed by atoms with E-state index in [2.05, 4.69) is 15.5 Å². The molecule has 0 unspecified atom stereocenters. The normalized spacial score (nSPS) is 10.6. The lowest BCUT2D eigenvalue weighted by Crippen LogP contribution is -2.11. The average molecular weight is 355 g/mol. The molecule has 1 aromatic heterocycles. The van der Waals surface area contributed by atoms with Gasteiger partial charge in [0.25, 0.3) is 5.91 Å². The minimum absolute atomic E-state index is 0.166. The summed E-state index contributed by atoms with van der Waals surface area (Å²) in [6.45, 7) is 2.01. The van der Waals surface area contributed by atoms with Crippen LogP contribution in [-0.2, 0) is 0 Å². The number of benzene rings is 3. The molecule has 5 heteroatoms. The molecule has 0 atom stereocenters. The summed E-state index contributed by atoms with van der Waals surface area (Å²) < 4.78 is 5.74. The Balaban J connectivity index is 1.50. The molecule has 0 saturated heterocycles. The molecule has 0 bridgehead atoms. The molecule has 0 aliphatic heterocycles. The number of anilines is 1. The zero-order valence-electron chi connectivity index (χ0n) is 14.7. The van der Waals surface area contributed by atoms with E-state index in [-0.39, 0.29) is 5.91 Å². The molecule has 4 aromatic rings. The lowest BCUT2D eigenvalue weighted by Gasteiger charge is -2.06. The quantitative estimate of drug-likeness (QED) is 0.561. The molecule has 0 aliphatic carbocycles. The molecule has 0 aliphatic rings. The Morgan fingerprint density at radius 2 is 1.37 bits per heavy atom. The van der Waals surface area contributed by atoms with Gasteiger partial charge in [-0.2, -0.15) is 0 Å². The number of hydrogen-bond acceptors (Lipinski definition) is 4. The number of aryl methyl sites for hydroxylation is 1. The molecule has 5 nitrogen and oxygen atoms in total. The number of amides is 1. The van der Waals surface area contributed by atoms with Gasteiger partial charge in [-0.15, -0.1) is 10.2 Å².